The Morgan fingerprint density at radius 3 is 2.71 bits per heavy atom. The predicted octanol–water partition coefficient (Wildman–Crippen LogP) is -2.83. The molecule has 0 aliphatic carbocycles. The van der Waals surface area contributed by atoms with Crippen LogP contribution in [0.3, 0.4) is 0 Å². The summed E-state index contributed by atoms with van der Waals surface area (Å²) in [6.07, 6.45) is -3.02. The van der Waals surface area contributed by atoms with Crippen molar-refractivity contribution in [2.45, 2.75) is 24.5 Å². The first-order valence-corrected chi connectivity index (χ1v) is 4.92. The van der Waals surface area contributed by atoms with E-state index in [1.54, 1.807) is 0 Å². The molecule has 0 spiro atoms. The molecule has 17 heavy (non-hydrogen) atoms. The molecule has 2 heterocycles. The van der Waals surface area contributed by atoms with Gasteiger partial charge >= 0.3 is 0 Å². The molecule has 9 nitrogen and oxygen atoms in total. The lowest BCUT2D eigenvalue weighted by molar-refractivity contribution is -0.0588. The summed E-state index contributed by atoms with van der Waals surface area (Å²) >= 11 is 0. The molecule has 1 fully saturated rings. The van der Waals surface area contributed by atoms with Gasteiger partial charge in [0.15, 0.2) is 12.1 Å². The first-order valence-electron chi connectivity index (χ1n) is 4.92. The van der Waals surface area contributed by atoms with Gasteiger partial charge in [0, 0.05) is 0 Å². The van der Waals surface area contributed by atoms with Gasteiger partial charge in [-0.2, -0.15) is 0 Å². The monoisotopic (exact) mass is 243 g/mol. The highest BCUT2D eigenvalue weighted by atomic mass is 16.6. The predicted molar refractivity (Wildman–Crippen MR) is 54.0 cm³/mol. The van der Waals surface area contributed by atoms with Crippen LogP contribution in [0.1, 0.15) is 12.1 Å². The van der Waals surface area contributed by atoms with Crippen molar-refractivity contribution in [3.63, 3.8) is 0 Å². The van der Waals surface area contributed by atoms with E-state index in [0.29, 0.717) is 0 Å². The lowest BCUT2D eigenvalue weighted by Gasteiger charge is -2.13. The molecule has 1 aliphatic rings. The van der Waals surface area contributed by atoms with Crippen molar-refractivity contribution in [3.05, 3.63) is 12.2 Å². The van der Waals surface area contributed by atoms with Gasteiger partial charge in [0.2, 0.25) is 5.82 Å². The Balaban J connectivity index is 2.19. The number of nitrogens with two attached hydrogens (primary N) is 1. The summed E-state index contributed by atoms with van der Waals surface area (Å²) in [5, 5.41) is 39.1. The smallest absolute Gasteiger partial charge is 0.215 e. The Labute approximate surface area is 96.0 Å². The lowest BCUT2D eigenvalue weighted by Crippen LogP contribution is -2.33. The fourth-order valence-corrected chi connectivity index (χ4v) is 1.62. The largest absolute Gasteiger partial charge is 0.394 e. The molecule has 1 aromatic heterocycles. The highest BCUT2D eigenvalue weighted by Crippen LogP contribution is 2.28. The summed E-state index contributed by atoms with van der Waals surface area (Å²) in [5.41, 5.74) is 5.19. The second kappa shape index (κ2) is 4.37. The Bertz CT molecular complexity index is 422. The van der Waals surface area contributed by atoms with Crippen molar-refractivity contribution in [2.75, 3.05) is 6.61 Å². The van der Waals surface area contributed by atoms with E-state index < -0.39 is 31.1 Å². The van der Waals surface area contributed by atoms with Crippen LogP contribution in [0, 0.1) is 5.41 Å². The van der Waals surface area contributed by atoms with Gasteiger partial charge in [-0.25, -0.2) is 9.67 Å². The van der Waals surface area contributed by atoms with Crippen LogP contribution in [-0.4, -0.2) is 60.8 Å². The molecule has 6 N–H and O–H groups in total. The minimum Gasteiger partial charge on any atom is -0.394 e. The van der Waals surface area contributed by atoms with Gasteiger partial charge in [0.25, 0.3) is 0 Å². The summed E-state index contributed by atoms with van der Waals surface area (Å²) in [6, 6.07) is 0. The summed E-state index contributed by atoms with van der Waals surface area (Å²) < 4.78 is 6.37. The number of aromatic nitrogens is 3. The Morgan fingerprint density at radius 1 is 1.53 bits per heavy atom. The Kier molecular flexibility index (Phi) is 3.07. The van der Waals surface area contributed by atoms with Crippen LogP contribution in [0.2, 0.25) is 0 Å². The molecule has 9 heteroatoms. The topological polar surface area (TPSA) is 150 Å². The van der Waals surface area contributed by atoms with E-state index in [4.69, 9.17) is 21.0 Å². The quantitative estimate of drug-likeness (QED) is 0.283. The van der Waals surface area contributed by atoms with Gasteiger partial charge < -0.3 is 25.8 Å². The molecule has 1 aliphatic heterocycles. The molecular formula is C8H13N5O4. The maximum absolute atomic E-state index is 9.70. The standard InChI is InChI=1S/C8H13N5O4/c9-6(10)7-11-2-13(12-7)8-5(16)4(15)3(1-14)17-8/h2-5,8,14-16H,1H2,(H3,9,10)/t3-,4?,5?,8-/m1/s1. The maximum Gasteiger partial charge on any atom is 0.215 e. The molecule has 0 amide bonds. The van der Waals surface area contributed by atoms with Gasteiger partial charge in [0.1, 0.15) is 24.6 Å². The number of nitrogen functional groups attached to an aromatic ring is 1. The Morgan fingerprint density at radius 2 is 2.24 bits per heavy atom. The summed E-state index contributed by atoms with van der Waals surface area (Å²) in [4.78, 5) is 3.74. The van der Waals surface area contributed by atoms with Crippen LogP contribution in [0.15, 0.2) is 6.33 Å². The summed E-state index contributed by atoms with van der Waals surface area (Å²) in [7, 11) is 0. The van der Waals surface area contributed by atoms with Crippen LogP contribution in [0.5, 0.6) is 0 Å². The molecule has 4 atom stereocenters. The molecule has 1 saturated heterocycles. The number of ether oxygens (including phenoxy) is 1. The maximum atomic E-state index is 9.70. The third-order valence-corrected chi connectivity index (χ3v) is 2.53. The molecule has 0 bridgehead atoms. The fraction of sp³-hybridized carbons (Fsp3) is 0.625. The third-order valence-electron chi connectivity index (χ3n) is 2.53. The van der Waals surface area contributed by atoms with Gasteiger partial charge in [-0.1, -0.05) is 0 Å². The van der Waals surface area contributed by atoms with Gasteiger partial charge in [-0.05, 0) is 0 Å². The number of amidine groups is 1. The normalized spacial score (nSPS) is 32.9. The van der Waals surface area contributed by atoms with Crippen LogP contribution in [0.25, 0.3) is 0 Å². The zero-order chi connectivity index (χ0) is 12.6. The van der Waals surface area contributed by atoms with Crippen molar-refractivity contribution < 1.29 is 20.1 Å². The SMILES string of the molecule is N=C(N)c1ncn([C@@H]2O[C@H](CO)C(O)C2O)n1. The number of rotatable bonds is 3. The average molecular weight is 243 g/mol. The minimum absolute atomic E-state index is 0.00254. The summed E-state index contributed by atoms with van der Waals surface area (Å²) in [6.45, 7) is -0.414. The van der Waals surface area contributed by atoms with Crippen molar-refractivity contribution >= 4 is 5.84 Å². The van der Waals surface area contributed by atoms with Crippen molar-refractivity contribution in [1.29, 1.82) is 5.41 Å². The van der Waals surface area contributed by atoms with Crippen LogP contribution >= 0.6 is 0 Å². The molecule has 94 valence electrons. The lowest BCUT2D eigenvalue weighted by atomic mass is 10.1. The van der Waals surface area contributed by atoms with Crippen LogP contribution < -0.4 is 5.73 Å². The molecule has 1 aromatic rings. The van der Waals surface area contributed by atoms with E-state index in [1.165, 1.54) is 6.33 Å². The molecular weight excluding hydrogens is 230 g/mol. The third kappa shape index (κ3) is 2.00. The van der Waals surface area contributed by atoms with E-state index in [-0.39, 0.29) is 11.7 Å². The minimum atomic E-state index is -1.23. The number of hydrogen-bond donors (Lipinski definition) is 5. The van der Waals surface area contributed by atoms with Gasteiger partial charge in [0.05, 0.1) is 6.61 Å². The Hall–Kier alpha value is -1.55. The van der Waals surface area contributed by atoms with E-state index in [2.05, 4.69) is 10.1 Å². The van der Waals surface area contributed by atoms with Crippen molar-refractivity contribution in [1.82, 2.24) is 14.8 Å². The van der Waals surface area contributed by atoms with Crippen molar-refractivity contribution in [3.8, 4) is 0 Å². The van der Waals surface area contributed by atoms with E-state index >= 15 is 0 Å². The zero-order valence-electron chi connectivity index (χ0n) is 8.76. The molecule has 2 unspecified atom stereocenters. The number of aliphatic hydroxyl groups excluding tert-OH is 3. The second-order valence-corrected chi connectivity index (χ2v) is 3.69. The van der Waals surface area contributed by atoms with Gasteiger partial charge in [-0.15, -0.1) is 5.10 Å². The summed E-state index contributed by atoms with van der Waals surface area (Å²) in [5.74, 6) is -0.307. The number of hydrogen-bond acceptors (Lipinski definition) is 7. The highest BCUT2D eigenvalue weighted by molar-refractivity contribution is 5.90. The molecule has 0 aromatic carbocycles. The number of nitrogens with zero attached hydrogens (tertiary/aromatic N) is 3. The second-order valence-electron chi connectivity index (χ2n) is 3.69. The molecule has 0 saturated carbocycles. The van der Waals surface area contributed by atoms with E-state index in [0.717, 1.165) is 4.68 Å². The fourth-order valence-electron chi connectivity index (χ4n) is 1.62. The number of nitrogens with one attached hydrogen (secondary N) is 1. The van der Waals surface area contributed by atoms with Gasteiger partial charge in [-0.3, -0.25) is 5.41 Å². The molecule has 0 radical (unpaired) electrons. The first-order chi connectivity index (χ1) is 8.04. The van der Waals surface area contributed by atoms with E-state index in [1.807, 2.05) is 0 Å². The highest BCUT2D eigenvalue weighted by Gasteiger charge is 2.43. The van der Waals surface area contributed by atoms with E-state index in [9.17, 15) is 10.2 Å². The van der Waals surface area contributed by atoms with Crippen LogP contribution in [0.4, 0.5) is 0 Å². The molecule has 2 rings (SSSR count). The number of aliphatic hydroxyl groups is 3. The van der Waals surface area contributed by atoms with Crippen LogP contribution in [-0.2, 0) is 4.74 Å². The first kappa shape index (κ1) is 11.9. The average Bonchev–Trinajstić information content (AvgIpc) is 2.87. The van der Waals surface area contributed by atoms with Crippen molar-refractivity contribution in [2.24, 2.45) is 5.73 Å². The zero-order valence-corrected chi connectivity index (χ0v) is 8.76.